The summed E-state index contributed by atoms with van der Waals surface area (Å²) in [6.45, 7) is 0. The molecule has 0 bridgehead atoms. The fraction of sp³-hybridized carbons (Fsp3) is 0.0909. The first-order valence-electron chi connectivity index (χ1n) is 4.52. The largest absolute Gasteiger partial charge is 0.508 e. The molecule has 1 aromatic heterocycles. The summed E-state index contributed by atoms with van der Waals surface area (Å²) in [5.41, 5.74) is 1.06. The van der Waals surface area contributed by atoms with Crippen LogP contribution in [0.3, 0.4) is 0 Å². The first kappa shape index (κ1) is 9.98. The van der Waals surface area contributed by atoms with E-state index >= 15 is 0 Å². The molecule has 1 aromatic carbocycles. The van der Waals surface area contributed by atoms with Crippen LogP contribution in [0.2, 0.25) is 0 Å². The van der Waals surface area contributed by atoms with Gasteiger partial charge in [-0.15, -0.1) is 0 Å². The fourth-order valence-electron chi connectivity index (χ4n) is 1.15. The maximum atomic E-state index is 9.27. The Morgan fingerprint density at radius 3 is 2.67 bits per heavy atom. The van der Waals surface area contributed by atoms with Crippen molar-refractivity contribution in [3.05, 3.63) is 48.3 Å². The van der Waals surface area contributed by atoms with Crippen molar-refractivity contribution < 1.29 is 5.11 Å². The van der Waals surface area contributed by atoms with Crippen molar-refractivity contribution >= 4 is 11.8 Å². The van der Waals surface area contributed by atoms with Crippen LogP contribution in [0.25, 0.3) is 0 Å². The zero-order valence-electron chi connectivity index (χ0n) is 8.00. The molecule has 76 valence electrons. The molecule has 0 radical (unpaired) electrons. The lowest BCUT2D eigenvalue weighted by molar-refractivity contribution is 0.475. The standard InChI is InChI=1S/C11H10N2OS/c14-10-4-1-3-9(7-10)8-15-11-12-5-2-6-13-11/h1-7,14H,8H2. The van der Waals surface area contributed by atoms with Crippen molar-refractivity contribution in [3.63, 3.8) is 0 Å². The molecule has 2 aromatic rings. The molecule has 0 unspecified atom stereocenters. The van der Waals surface area contributed by atoms with Crippen LogP contribution < -0.4 is 0 Å². The Bertz CT molecular complexity index is 434. The maximum absolute atomic E-state index is 9.27. The Morgan fingerprint density at radius 2 is 1.93 bits per heavy atom. The number of nitrogens with zero attached hydrogens (tertiary/aromatic N) is 2. The minimum absolute atomic E-state index is 0.294. The molecule has 0 aliphatic rings. The van der Waals surface area contributed by atoms with Gasteiger partial charge in [0.1, 0.15) is 5.75 Å². The minimum atomic E-state index is 0.294. The second-order valence-electron chi connectivity index (χ2n) is 2.99. The van der Waals surface area contributed by atoms with E-state index < -0.39 is 0 Å². The van der Waals surface area contributed by atoms with E-state index in [1.165, 1.54) is 0 Å². The van der Waals surface area contributed by atoms with Crippen LogP contribution in [0.5, 0.6) is 5.75 Å². The molecular weight excluding hydrogens is 208 g/mol. The lowest BCUT2D eigenvalue weighted by Gasteiger charge is -2.00. The van der Waals surface area contributed by atoms with Crippen LogP contribution in [-0.2, 0) is 5.75 Å². The number of phenols is 1. The third kappa shape index (κ3) is 2.95. The topological polar surface area (TPSA) is 46.0 Å². The number of rotatable bonds is 3. The van der Waals surface area contributed by atoms with Gasteiger partial charge >= 0.3 is 0 Å². The van der Waals surface area contributed by atoms with Crippen molar-refractivity contribution in [1.29, 1.82) is 0 Å². The highest BCUT2D eigenvalue weighted by molar-refractivity contribution is 7.98. The van der Waals surface area contributed by atoms with Crippen molar-refractivity contribution in [3.8, 4) is 5.75 Å². The lowest BCUT2D eigenvalue weighted by Crippen LogP contribution is -1.85. The molecule has 0 aliphatic carbocycles. The van der Waals surface area contributed by atoms with E-state index in [9.17, 15) is 5.11 Å². The summed E-state index contributed by atoms with van der Waals surface area (Å²) in [6, 6.07) is 8.99. The maximum Gasteiger partial charge on any atom is 0.187 e. The summed E-state index contributed by atoms with van der Waals surface area (Å²) in [5.74, 6) is 1.06. The van der Waals surface area contributed by atoms with E-state index in [4.69, 9.17) is 0 Å². The Labute approximate surface area is 92.2 Å². The first-order valence-corrected chi connectivity index (χ1v) is 5.51. The second-order valence-corrected chi connectivity index (χ2v) is 3.93. The monoisotopic (exact) mass is 218 g/mol. The first-order chi connectivity index (χ1) is 7.34. The highest BCUT2D eigenvalue weighted by Gasteiger charge is 1.98. The molecule has 0 aliphatic heterocycles. The highest BCUT2D eigenvalue weighted by atomic mass is 32.2. The third-order valence-electron chi connectivity index (χ3n) is 1.82. The summed E-state index contributed by atoms with van der Waals surface area (Å²) in [4.78, 5) is 8.21. The van der Waals surface area contributed by atoms with Gasteiger partial charge in [0.15, 0.2) is 5.16 Å². The van der Waals surface area contributed by atoms with Crippen LogP contribution in [0.4, 0.5) is 0 Å². The minimum Gasteiger partial charge on any atom is -0.508 e. The average Bonchev–Trinajstić information content (AvgIpc) is 2.28. The Balaban J connectivity index is 1.99. The van der Waals surface area contributed by atoms with Gasteiger partial charge in [-0.2, -0.15) is 0 Å². The van der Waals surface area contributed by atoms with Gasteiger partial charge in [0.25, 0.3) is 0 Å². The quantitative estimate of drug-likeness (QED) is 0.635. The number of aromatic nitrogens is 2. The number of hydrogen-bond acceptors (Lipinski definition) is 4. The van der Waals surface area contributed by atoms with Crippen molar-refractivity contribution in [1.82, 2.24) is 9.97 Å². The van der Waals surface area contributed by atoms with Gasteiger partial charge in [-0.1, -0.05) is 23.9 Å². The molecule has 15 heavy (non-hydrogen) atoms. The van der Waals surface area contributed by atoms with Crippen molar-refractivity contribution in [2.75, 3.05) is 0 Å². The van der Waals surface area contributed by atoms with E-state index in [2.05, 4.69) is 9.97 Å². The summed E-state index contributed by atoms with van der Waals surface area (Å²) in [6.07, 6.45) is 3.44. The summed E-state index contributed by atoms with van der Waals surface area (Å²) in [5, 5.41) is 10.0. The van der Waals surface area contributed by atoms with Crippen LogP contribution in [0.1, 0.15) is 5.56 Å². The molecule has 2 rings (SSSR count). The molecule has 3 nitrogen and oxygen atoms in total. The molecule has 0 spiro atoms. The van der Waals surface area contributed by atoms with Gasteiger partial charge < -0.3 is 5.11 Å². The third-order valence-corrected chi connectivity index (χ3v) is 2.77. The van der Waals surface area contributed by atoms with Crippen molar-refractivity contribution in [2.24, 2.45) is 0 Å². The average molecular weight is 218 g/mol. The van der Waals surface area contributed by atoms with Crippen LogP contribution in [0.15, 0.2) is 47.9 Å². The van der Waals surface area contributed by atoms with Crippen LogP contribution in [-0.4, -0.2) is 15.1 Å². The van der Waals surface area contributed by atoms with E-state index in [1.807, 2.05) is 12.1 Å². The molecule has 1 heterocycles. The molecule has 4 heteroatoms. The Morgan fingerprint density at radius 1 is 1.13 bits per heavy atom. The zero-order chi connectivity index (χ0) is 10.5. The van der Waals surface area contributed by atoms with Gasteiger partial charge in [-0.3, -0.25) is 0 Å². The van der Waals surface area contributed by atoms with Gasteiger partial charge in [-0.25, -0.2) is 9.97 Å². The van der Waals surface area contributed by atoms with Gasteiger partial charge in [0, 0.05) is 18.1 Å². The van der Waals surface area contributed by atoms with E-state index in [0.717, 1.165) is 16.5 Å². The number of benzene rings is 1. The molecule has 0 atom stereocenters. The van der Waals surface area contributed by atoms with E-state index in [-0.39, 0.29) is 0 Å². The van der Waals surface area contributed by atoms with Gasteiger partial charge in [0.2, 0.25) is 0 Å². The zero-order valence-corrected chi connectivity index (χ0v) is 8.81. The summed E-state index contributed by atoms with van der Waals surface area (Å²) >= 11 is 1.55. The number of aromatic hydroxyl groups is 1. The molecule has 0 fully saturated rings. The van der Waals surface area contributed by atoms with E-state index in [1.54, 1.807) is 42.4 Å². The second kappa shape index (κ2) is 4.79. The lowest BCUT2D eigenvalue weighted by atomic mass is 10.2. The number of hydrogen-bond donors (Lipinski definition) is 1. The van der Waals surface area contributed by atoms with Gasteiger partial charge in [0.05, 0.1) is 0 Å². The summed E-state index contributed by atoms with van der Waals surface area (Å²) < 4.78 is 0. The number of thioether (sulfide) groups is 1. The van der Waals surface area contributed by atoms with Gasteiger partial charge in [-0.05, 0) is 23.8 Å². The predicted octanol–water partition coefficient (Wildman–Crippen LogP) is 2.47. The molecule has 1 N–H and O–H groups in total. The normalized spacial score (nSPS) is 10.1. The molecule has 0 saturated carbocycles. The Kier molecular flexibility index (Phi) is 3.19. The van der Waals surface area contributed by atoms with Crippen LogP contribution >= 0.6 is 11.8 Å². The SMILES string of the molecule is Oc1cccc(CSc2ncccn2)c1. The van der Waals surface area contributed by atoms with Crippen LogP contribution in [0, 0.1) is 0 Å². The molecule has 0 amide bonds. The molecular formula is C11H10N2OS. The number of phenolic OH excluding ortho intramolecular Hbond substituents is 1. The predicted molar refractivity (Wildman–Crippen MR) is 59.7 cm³/mol. The van der Waals surface area contributed by atoms with Crippen molar-refractivity contribution in [2.45, 2.75) is 10.9 Å². The van der Waals surface area contributed by atoms with E-state index in [0.29, 0.717) is 5.75 Å². The molecule has 0 saturated heterocycles. The summed E-state index contributed by atoms with van der Waals surface area (Å²) in [7, 11) is 0. The Hall–Kier alpha value is -1.55. The fourth-order valence-corrected chi connectivity index (χ4v) is 1.90. The smallest absolute Gasteiger partial charge is 0.187 e. The highest BCUT2D eigenvalue weighted by Crippen LogP contribution is 2.20.